The van der Waals surface area contributed by atoms with Crippen molar-refractivity contribution in [1.29, 1.82) is 0 Å². The van der Waals surface area contributed by atoms with Gasteiger partial charge in [0.15, 0.2) is 0 Å². The molecule has 4 heteroatoms. The monoisotopic (exact) mass is 251 g/mol. The van der Waals surface area contributed by atoms with Gasteiger partial charge >= 0.3 is 0 Å². The van der Waals surface area contributed by atoms with Gasteiger partial charge in [-0.1, -0.05) is 30.3 Å². The van der Waals surface area contributed by atoms with Crippen LogP contribution in [0, 0.1) is 5.92 Å². The van der Waals surface area contributed by atoms with Gasteiger partial charge in [0.2, 0.25) is 10.0 Å². The summed E-state index contributed by atoms with van der Waals surface area (Å²) in [5, 5.41) is 0. The predicted molar refractivity (Wildman–Crippen MR) is 66.9 cm³/mol. The van der Waals surface area contributed by atoms with Gasteiger partial charge in [-0.25, -0.2) is 8.42 Å². The van der Waals surface area contributed by atoms with Crippen LogP contribution in [0.3, 0.4) is 0 Å². The third-order valence-corrected chi connectivity index (χ3v) is 5.77. The van der Waals surface area contributed by atoms with Crippen molar-refractivity contribution in [2.75, 3.05) is 6.54 Å². The van der Waals surface area contributed by atoms with E-state index in [0.717, 1.165) is 24.9 Å². The molecule has 1 aliphatic heterocycles. The number of hydrogen-bond donors (Lipinski definition) is 0. The van der Waals surface area contributed by atoms with E-state index >= 15 is 0 Å². The minimum Gasteiger partial charge on any atom is -0.212 e. The first-order chi connectivity index (χ1) is 8.15. The van der Waals surface area contributed by atoms with Crippen LogP contribution in [0.5, 0.6) is 0 Å². The van der Waals surface area contributed by atoms with Gasteiger partial charge in [-0.3, -0.25) is 0 Å². The van der Waals surface area contributed by atoms with Crippen molar-refractivity contribution in [3.05, 3.63) is 35.9 Å². The molecule has 2 unspecified atom stereocenters. The molecule has 0 amide bonds. The van der Waals surface area contributed by atoms with E-state index in [1.54, 1.807) is 4.31 Å². The largest absolute Gasteiger partial charge is 0.218 e. The molecule has 2 bridgehead atoms. The van der Waals surface area contributed by atoms with E-state index < -0.39 is 10.0 Å². The third kappa shape index (κ3) is 2.11. The molecule has 3 nitrogen and oxygen atoms in total. The van der Waals surface area contributed by atoms with E-state index in [1.165, 1.54) is 6.42 Å². The standard InChI is InChI=1S/C13H17NO2S/c15-17(16,10-11-4-2-1-3-5-11)14-9-12-6-7-13(14)8-12/h1-5,12-13H,6-10H2. The van der Waals surface area contributed by atoms with Gasteiger partial charge in [-0.05, 0) is 30.7 Å². The summed E-state index contributed by atoms with van der Waals surface area (Å²) in [6.07, 6.45) is 3.34. The summed E-state index contributed by atoms with van der Waals surface area (Å²) >= 11 is 0. The molecule has 2 fully saturated rings. The fourth-order valence-corrected chi connectivity index (χ4v) is 4.95. The number of fused-ring (bicyclic) bond motifs is 2. The summed E-state index contributed by atoms with van der Waals surface area (Å²) in [4.78, 5) is 0. The number of hydrogen-bond acceptors (Lipinski definition) is 2. The molecule has 0 aromatic heterocycles. The molecule has 1 aromatic carbocycles. The van der Waals surface area contributed by atoms with Crippen LogP contribution in [-0.2, 0) is 15.8 Å². The highest BCUT2D eigenvalue weighted by Gasteiger charge is 2.43. The third-order valence-electron chi connectivity index (χ3n) is 3.91. The first-order valence-electron chi connectivity index (χ1n) is 6.18. The molecule has 0 spiro atoms. The molecule has 17 heavy (non-hydrogen) atoms. The van der Waals surface area contributed by atoms with Crippen molar-refractivity contribution in [2.45, 2.75) is 31.1 Å². The van der Waals surface area contributed by atoms with Crippen molar-refractivity contribution in [3.63, 3.8) is 0 Å². The number of piperidine rings is 1. The van der Waals surface area contributed by atoms with Crippen molar-refractivity contribution in [1.82, 2.24) is 4.31 Å². The smallest absolute Gasteiger partial charge is 0.212 e. The predicted octanol–water partition coefficient (Wildman–Crippen LogP) is 2.00. The topological polar surface area (TPSA) is 37.4 Å². The number of benzene rings is 1. The molecule has 1 saturated heterocycles. The molecule has 1 saturated carbocycles. The van der Waals surface area contributed by atoms with Crippen LogP contribution in [0.2, 0.25) is 0 Å². The lowest BCUT2D eigenvalue weighted by molar-refractivity contribution is 0.333. The molecule has 2 atom stereocenters. The lowest BCUT2D eigenvalue weighted by Crippen LogP contribution is -2.38. The maximum absolute atomic E-state index is 12.3. The van der Waals surface area contributed by atoms with Crippen molar-refractivity contribution >= 4 is 10.0 Å². The second-order valence-corrected chi connectivity index (χ2v) is 7.07. The summed E-state index contributed by atoms with van der Waals surface area (Å²) in [7, 11) is -3.11. The van der Waals surface area contributed by atoms with Crippen molar-refractivity contribution in [2.24, 2.45) is 5.92 Å². The molecule has 0 radical (unpaired) electrons. The zero-order valence-electron chi connectivity index (χ0n) is 9.75. The highest BCUT2D eigenvalue weighted by molar-refractivity contribution is 7.88. The first kappa shape index (κ1) is 11.2. The molecule has 0 N–H and O–H groups in total. The van der Waals surface area contributed by atoms with Crippen LogP contribution < -0.4 is 0 Å². The summed E-state index contributed by atoms with van der Waals surface area (Å²) in [5.41, 5.74) is 0.885. The van der Waals surface area contributed by atoms with Crippen LogP contribution in [0.25, 0.3) is 0 Å². The van der Waals surface area contributed by atoms with Gasteiger partial charge in [0, 0.05) is 12.6 Å². The van der Waals surface area contributed by atoms with E-state index in [1.807, 2.05) is 30.3 Å². The van der Waals surface area contributed by atoms with E-state index in [9.17, 15) is 8.42 Å². The molecule has 92 valence electrons. The molecular formula is C13H17NO2S. The molecule has 1 heterocycles. The zero-order valence-corrected chi connectivity index (χ0v) is 10.6. The minimum absolute atomic E-state index is 0.150. The summed E-state index contributed by atoms with van der Waals surface area (Å²) in [6, 6.07) is 9.74. The Morgan fingerprint density at radius 1 is 1.18 bits per heavy atom. The van der Waals surface area contributed by atoms with E-state index in [4.69, 9.17) is 0 Å². The van der Waals surface area contributed by atoms with E-state index in [0.29, 0.717) is 5.92 Å². The van der Waals surface area contributed by atoms with Crippen molar-refractivity contribution < 1.29 is 8.42 Å². The Morgan fingerprint density at radius 3 is 2.53 bits per heavy atom. The number of sulfonamides is 1. The first-order valence-corrected chi connectivity index (χ1v) is 7.79. The molecule has 1 aliphatic carbocycles. The van der Waals surface area contributed by atoms with Crippen LogP contribution in [0.4, 0.5) is 0 Å². The van der Waals surface area contributed by atoms with Crippen LogP contribution in [0.1, 0.15) is 24.8 Å². The molecule has 3 rings (SSSR count). The summed E-state index contributed by atoms with van der Waals surface area (Å²) < 4.78 is 26.4. The average molecular weight is 251 g/mol. The Balaban J connectivity index is 1.78. The summed E-state index contributed by atoms with van der Waals surface area (Å²) in [5.74, 6) is 0.766. The van der Waals surface area contributed by atoms with Gasteiger partial charge in [-0.2, -0.15) is 4.31 Å². The Kier molecular flexibility index (Phi) is 2.71. The summed E-state index contributed by atoms with van der Waals surface area (Å²) in [6.45, 7) is 0.750. The molecule has 1 aromatic rings. The number of rotatable bonds is 3. The SMILES string of the molecule is O=S(=O)(Cc1ccccc1)N1CC2CCC1C2. The highest BCUT2D eigenvalue weighted by Crippen LogP contribution is 2.39. The Morgan fingerprint density at radius 2 is 1.94 bits per heavy atom. The Labute approximate surface area is 102 Å². The Hall–Kier alpha value is -0.870. The maximum atomic E-state index is 12.3. The van der Waals surface area contributed by atoms with Gasteiger partial charge < -0.3 is 0 Å². The van der Waals surface area contributed by atoms with Crippen LogP contribution >= 0.6 is 0 Å². The fraction of sp³-hybridized carbons (Fsp3) is 0.538. The van der Waals surface area contributed by atoms with Gasteiger partial charge in [0.1, 0.15) is 0 Å². The normalized spacial score (nSPS) is 28.7. The lowest BCUT2D eigenvalue weighted by Gasteiger charge is -2.26. The minimum atomic E-state index is -3.11. The van der Waals surface area contributed by atoms with Crippen LogP contribution in [-0.4, -0.2) is 25.3 Å². The fourth-order valence-electron chi connectivity index (χ4n) is 3.09. The second kappa shape index (κ2) is 4.10. The van der Waals surface area contributed by atoms with Crippen molar-refractivity contribution in [3.8, 4) is 0 Å². The van der Waals surface area contributed by atoms with Gasteiger partial charge in [-0.15, -0.1) is 0 Å². The maximum Gasteiger partial charge on any atom is 0.218 e. The highest BCUT2D eigenvalue weighted by atomic mass is 32.2. The molecular weight excluding hydrogens is 234 g/mol. The Bertz CT molecular complexity index is 497. The average Bonchev–Trinajstić information content (AvgIpc) is 2.91. The van der Waals surface area contributed by atoms with Crippen LogP contribution in [0.15, 0.2) is 30.3 Å². The quantitative estimate of drug-likeness (QED) is 0.824. The number of nitrogens with zero attached hydrogens (tertiary/aromatic N) is 1. The van der Waals surface area contributed by atoms with E-state index in [-0.39, 0.29) is 11.8 Å². The van der Waals surface area contributed by atoms with Gasteiger partial charge in [0.25, 0.3) is 0 Å². The second-order valence-electron chi connectivity index (χ2n) is 5.14. The molecule has 2 aliphatic rings. The zero-order chi connectivity index (χ0) is 11.9. The lowest BCUT2D eigenvalue weighted by atomic mass is 10.1. The van der Waals surface area contributed by atoms with Gasteiger partial charge in [0.05, 0.1) is 5.75 Å². The van der Waals surface area contributed by atoms with E-state index in [2.05, 4.69) is 0 Å².